The van der Waals surface area contributed by atoms with E-state index in [2.05, 4.69) is 4.98 Å². The molecule has 0 atom stereocenters. The van der Waals surface area contributed by atoms with E-state index in [1.807, 2.05) is 24.3 Å². The van der Waals surface area contributed by atoms with Gasteiger partial charge in [0.2, 0.25) is 0 Å². The predicted octanol–water partition coefficient (Wildman–Crippen LogP) is 4.56. The van der Waals surface area contributed by atoms with E-state index in [-0.39, 0.29) is 18.4 Å². The van der Waals surface area contributed by atoms with Crippen LogP contribution in [0.1, 0.15) is 11.1 Å². The number of methoxy groups -OCH3 is 2. The highest BCUT2D eigenvalue weighted by molar-refractivity contribution is 6.30. The Kier molecular flexibility index (Phi) is 7.31. The van der Waals surface area contributed by atoms with Gasteiger partial charge in [-0.15, -0.1) is 0 Å². The Balaban J connectivity index is 1.65. The second-order valence-corrected chi connectivity index (χ2v) is 6.65. The standard InChI is InChI=1S/C23H19ClN2O5/c1-28-18-6-5-16-12-17(23(24)26-19(16)13-18)14-31-22(27)8-4-15-3-7-20(30-10-9-25)21(11-15)29-2/h3-8,11-13H,10,14H2,1-2H3/b8-4-. The molecular weight excluding hydrogens is 420 g/mol. The number of fused-ring (bicyclic) bond motifs is 1. The summed E-state index contributed by atoms with van der Waals surface area (Å²) < 4.78 is 21.0. The number of esters is 1. The van der Waals surface area contributed by atoms with Crippen LogP contribution in [0.4, 0.5) is 0 Å². The van der Waals surface area contributed by atoms with Crippen molar-refractivity contribution in [3.63, 3.8) is 0 Å². The molecule has 1 heterocycles. The van der Waals surface area contributed by atoms with Gasteiger partial charge < -0.3 is 18.9 Å². The van der Waals surface area contributed by atoms with E-state index in [9.17, 15) is 4.79 Å². The fourth-order valence-electron chi connectivity index (χ4n) is 2.77. The van der Waals surface area contributed by atoms with E-state index >= 15 is 0 Å². The van der Waals surface area contributed by atoms with Gasteiger partial charge in [0.25, 0.3) is 0 Å². The van der Waals surface area contributed by atoms with E-state index in [1.54, 1.807) is 37.5 Å². The Hall–Kier alpha value is -3.76. The second kappa shape index (κ2) is 10.3. The number of aromatic nitrogens is 1. The van der Waals surface area contributed by atoms with Crippen LogP contribution in [0.25, 0.3) is 17.0 Å². The highest BCUT2D eigenvalue weighted by Gasteiger charge is 2.09. The fraction of sp³-hybridized carbons (Fsp3) is 0.174. The predicted molar refractivity (Wildman–Crippen MR) is 116 cm³/mol. The Morgan fingerprint density at radius 2 is 1.97 bits per heavy atom. The van der Waals surface area contributed by atoms with E-state index in [0.29, 0.717) is 33.9 Å². The molecule has 0 saturated heterocycles. The normalized spacial score (nSPS) is 10.6. The molecule has 0 amide bonds. The molecule has 31 heavy (non-hydrogen) atoms. The van der Waals surface area contributed by atoms with Crippen molar-refractivity contribution in [3.05, 3.63) is 64.8 Å². The zero-order valence-electron chi connectivity index (χ0n) is 16.9. The van der Waals surface area contributed by atoms with Gasteiger partial charge in [-0.25, -0.2) is 9.78 Å². The first-order valence-electron chi connectivity index (χ1n) is 9.20. The average Bonchev–Trinajstić information content (AvgIpc) is 2.79. The quantitative estimate of drug-likeness (QED) is 0.289. The zero-order valence-corrected chi connectivity index (χ0v) is 17.7. The van der Waals surface area contributed by atoms with Crippen molar-refractivity contribution in [2.24, 2.45) is 0 Å². The van der Waals surface area contributed by atoms with Crippen LogP contribution in [0.3, 0.4) is 0 Å². The van der Waals surface area contributed by atoms with Gasteiger partial charge >= 0.3 is 5.97 Å². The summed E-state index contributed by atoms with van der Waals surface area (Å²) in [4.78, 5) is 16.5. The molecule has 1 aromatic heterocycles. The van der Waals surface area contributed by atoms with Crippen LogP contribution in [0.2, 0.25) is 5.15 Å². The van der Waals surface area contributed by atoms with Gasteiger partial charge in [-0.05, 0) is 42.0 Å². The number of halogens is 1. The van der Waals surface area contributed by atoms with Gasteiger partial charge in [-0.2, -0.15) is 5.26 Å². The Morgan fingerprint density at radius 3 is 2.71 bits per heavy atom. The molecule has 0 unspecified atom stereocenters. The number of benzene rings is 2. The number of rotatable bonds is 8. The second-order valence-electron chi connectivity index (χ2n) is 6.30. The molecule has 0 fully saturated rings. The summed E-state index contributed by atoms with van der Waals surface area (Å²) in [5.74, 6) is 1.05. The summed E-state index contributed by atoms with van der Waals surface area (Å²) in [7, 11) is 3.07. The van der Waals surface area contributed by atoms with Crippen molar-refractivity contribution in [3.8, 4) is 23.3 Å². The maximum absolute atomic E-state index is 12.1. The van der Waals surface area contributed by atoms with Crippen molar-refractivity contribution in [1.82, 2.24) is 4.98 Å². The summed E-state index contributed by atoms with van der Waals surface area (Å²) in [5, 5.41) is 9.74. The number of hydrogen-bond donors (Lipinski definition) is 0. The molecule has 0 N–H and O–H groups in total. The molecule has 0 radical (unpaired) electrons. The summed E-state index contributed by atoms with van der Waals surface area (Å²) in [6, 6.07) is 14.3. The minimum Gasteiger partial charge on any atom is -0.497 e. The average molecular weight is 439 g/mol. The number of nitriles is 1. The van der Waals surface area contributed by atoms with E-state index in [0.717, 1.165) is 5.39 Å². The summed E-state index contributed by atoms with van der Waals surface area (Å²) in [6.45, 7) is -0.0984. The summed E-state index contributed by atoms with van der Waals surface area (Å²) >= 11 is 6.23. The van der Waals surface area contributed by atoms with Crippen LogP contribution in [-0.2, 0) is 16.1 Å². The molecule has 2 aromatic carbocycles. The number of carbonyl (C=O) groups is 1. The lowest BCUT2D eigenvalue weighted by molar-refractivity contribution is -0.138. The molecule has 8 heteroatoms. The highest BCUT2D eigenvalue weighted by Crippen LogP contribution is 2.28. The number of pyridine rings is 1. The number of carbonyl (C=O) groups excluding carboxylic acids is 1. The smallest absolute Gasteiger partial charge is 0.331 e. The third-order valence-corrected chi connectivity index (χ3v) is 4.64. The van der Waals surface area contributed by atoms with Crippen molar-refractivity contribution in [2.75, 3.05) is 20.8 Å². The van der Waals surface area contributed by atoms with Crippen LogP contribution < -0.4 is 14.2 Å². The van der Waals surface area contributed by atoms with Crippen molar-refractivity contribution < 1.29 is 23.7 Å². The molecule has 0 aliphatic carbocycles. The number of nitrogens with zero attached hydrogens (tertiary/aromatic N) is 2. The van der Waals surface area contributed by atoms with Gasteiger partial charge in [-0.3, -0.25) is 0 Å². The molecule has 0 aliphatic heterocycles. The van der Waals surface area contributed by atoms with Crippen molar-refractivity contribution >= 4 is 34.5 Å². The Labute approximate surface area is 184 Å². The SMILES string of the molecule is COc1ccc2cc(COC(=O)/C=C\c3ccc(OCC#N)c(OC)c3)c(Cl)nc2c1. The van der Waals surface area contributed by atoms with Gasteiger partial charge in [-0.1, -0.05) is 17.7 Å². The van der Waals surface area contributed by atoms with Gasteiger partial charge in [0.05, 0.1) is 19.7 Å². The van der Waals surface area contributed by atoms with Crippen LogP contribution >= 0.6 is 11.6 Å². The molecule has 158 valence electrons. The van der Waals surface area contributed by atoms with Gasteiger partial charge in [0, 0.05) is 23.1 Å². The lowest BCUT2D eigenvalue weighted by Gasteiger charge is -2.09. The molecule has 3 aromatic rings. The Morgan fingerprint density at radius 1 is 1.13 bits per heavy atom. The Bertz CT molecular complexity index is 1170. The molecule has 7 nitrogen and oxygen atoms in total. The van der Waals surface area contributed by atoms with Crippen LogP contribution in [0.15, 0.2) is 48.5 Å². The van der Waals surface area contributed by atoms with E-state index in [4.69, 9.17) is 35.8 Å². The minimum absolute atomic E-state index is 0.0127. The van der Waals surface area contributed by atoms with Gasteiger partial charge in [0.1, 0.15) is 23.6 Å². The fourth-order valence-corrected chi connectivity index (χ4v) is 2.97. The first-order valence-corrected chi connectivity index (χ1v) is 9.57. The van der Waals surface area contributed by atoms with Crippen LogP contribution in [-0.4, -0.2) is 31.8 Å². The van der Waals surface area contributed by atoms with Gasteiger partial charge in [0.15, 0.2) is 18.1 Å². The molecule has 0 bridgehead atoms. The van der Waals surface area contributed by atoms with E-state index < -0.39 is 5.97 Å². The third kappa shape index (κ3) is 5.65. The number of hydrogen-bond acceptors (Lipinski definition) is 7. The van der Waals surface area contributed by atoms with Crippen LogP contribution in [0.5, 0.6) is 17.2 Å². The molecule has 0 saturated carbocycles. The van der Waals surface area contributed by atoms with Crippen molar-refractivity contribution in [2.45, 2.75) is 6.61 Å². The lowest BCUT2D eigenvalue weighted by atomic mass is 10.1. The molecule has 0 spiro atoms. The summed E-state index contributed by atoms with van der Waals surface area (Å²) in [6.07, 6.45) is 2.89. The molecule has 3 rings (SSSR count). The maximum Gasteiger partial charge on any atom is 0.331 e. The maximum atomic E-state index is 12.1. The monoisotopic (exact) mass is 438 g/mol. The first kappa shape index (κ1) is 21.9. The lowest BCUT2D eigenvalue weighted by Crippen LogP contribution is -2.02. The molecule has 0 aliphatic rings. The third-order valence-electron chi connectivity index (χ3n) is 4.31. The largest absolute Gasteiger partial charge is 0.497 e. The van der Waals surface area contributed by atoms with Crippen LogP contribution in [0, 0.1) is 11.3 Å². The topological polar surface area (TPSA) is 90.7 Å². The summed E-state index contributed by atoms with van der Waals surface area (Å²) in [5.41, 5.74) is 2.00. The van der Waals surface area contributed by atoms with Crippen molar-refractivity contribution in [1.29, 1.82) is 5.26 Å². The zero-order chi connectivity index (χ0) is 22.2. The van der Waals surface area contributed by atoms with E-state index in [1.165, 1.54) is 13.2 Å². The number of ether oxygens (including phenoxy) is 4. The molecular formula is C23H19ClN2O5. The highest BCUT2D eigenvalue weighted by atomic mass is 35.5. The minimum atomic E-state index is -0.533. The first-order chi connectivity index (χ1) is 15.0.